The van der Waals surface area contributed by atoms with Crippen LogP contribution in [-0.2, 0) is 20.7 Å². The third-order valence-electron chi connectivity index (χ3n) is 5.65. The van der Waals surface area contributed by atoms with Crippen molar-refractivity contribution in [3.05, 3.63) is 95.4 Å². The average Bonchev–Trinajstić information content (AvgIpc) is 3.25. The molecule has 3 aromatic carbocycles. The van der Waals surface area contributed by atoms with E-state index in [1.165, 1.54) is 6.07 Å². The van der Waals surface area contributed by atoms with E-state index in [1.807, 2.05) is 48.5 Å². The molecule has 0 aliphatic carbocycles. The van der Waals surface area contributed by atoms with Crippen LogP contribution in [0.15, 0.2) is 87.1 Å². The predicted octanol–water partition coefficient (Wildman–Crippen LogP) is 7.36. The van der Waals surface area contributed by atoms with Crippen LogP contribution < -0.4 is 5.32 Å². The lowest BCUT2D eigenvalue weighted by Crippen LogP contribution is -2.17. The van der Waals surface area contributed by atoms with Crippen molar-refractivity contribution in [2.45, 2.75) is 43.1 Å². The fourth-order valence-corrected chi connectivity index (χ4v) is 4.56. The van der Waals surface area contributed by atoms with Crippen molar-refractivity contribution in [1.82, 2.24) is 5.16 Å². The number of esters is 1. The third-order valence-corrected chi connectivity index (χ3v) is 6.66. The minimum Gasteiger partial charge on any atom is -0.466 e. The molecule has 38 heavy (non-hydrogen) atoms. The molecule has 0 aliphatic rings. The maximum Gasteiger partial charge on any atom is 0.412 e. The molecule has 0 spiro atoms. The van der Waals surface area contributed by atoms with Crippen LogP contribution in [0.2, 0.25) is 0 Å². The largest absolute Gasteiger partial charge is 0.466 e. The lowest BCUT2D eigenvalue weighted by atomic mass is 10.1. The predicted molar refractivity (Wildman–Crippen MR) is 142 cm³/mol. The van der Waals surface area contributed by atoms with E-state index in [9.17, 15) is 14.0 Å². The van der Waals surface area contributed by atoms with E-state index in [-0.39, 0.29) is 18.0 Å². The zero-order chi connectivity index (χ0) is 27.1. The van der Waals surface area contributed by atoms with Crippen LogP contribution in [-0.4, -0.2) is 23.8 Å². The summed E-state index contributed by atoms with van der Waals surface area (Å²) in [4.78, 5) is 26.2. The fourth-order valence-electron chi connectivity index (χ4n) is 3.74. The number of rotatable bonds is 9. The monoisotopic (exact) mass is 534 g/mol. The van der Waals surface area contributed by atoms with Crippen molar-refractivity contribution < 1.29 is 28.0 Å². The van der Waals surface area contributed by atoms with Gasteiger partial charge in [0, 0.05) is 20.9 Å². The van der Waals surface area contributed by atoms with Crippen molar-refractivity contribution in [2.24, 2.45) is 0 Å². The van der Waals surface area contributed by atoms with E-state index >= 15 is 0 Å². The van der Waals surface area contributed by atoms with E-state index in [4.69, 9.17) is 14.0 Å². The molecule has 4 aromatic rings. The summed E-state index contributed by atoms with van der Waals surface area (Å²) >= 11 is 1.57. The summed E-state index contributed by atoms with van der Waals surface area (Å²) in [5.41, 5.74) is 2.76. The van der Waals surface area contributed by atoms with E-state index in [0.717, 1.165) is 20.9 Å². The SMILES string of the molecule is CCOC(=O)Cc1ccc(Sc2ccc(-c3onc(C)c3NC(=O)OC(C)c3ccccc3F)cc2)cc1. The van der Waals surface area contributed by atoms with Crippen molar-refractivity contribution in [2.75, 3.05) is 11.9 Å². The average molecular weight is 535 g/mol. The van der Waals surface area contributed by atoms with Gasteiger partial charge in [-0.05, 0) is 68.8 Å². The molecule has 1 amide bonds. The van der Waals surface area contributed by atoms with Gasteiger partial charge in [-0.1, -0.05) is 47.3 Å². The molecule has 196 valence electrons. The standard InChI is InChI=1S/C29H27FN2O5S/c1-4-35-26(33)17-20-9-13-22(14-10-20)38-23-15-11-21(12-16-23)28-27(18(2)32-37-28)31-29(34)36-19(3)24-7-5-6-8-25(24)30/h5-16,19H,4,17H2,1-3H3,(H,31,34). The van der Waals surface area contributed by atoms with Gasteiger partial charge in [-0.3, -0.25) is 10.1 Å². The number of aryl methyl sites for hydroxylation is 1. The van der Waals surface area contributed by atoms with Gasteiger partial charge in [-0.15, -0.1) is 0 Å². The van der Waals surface area contributed by atoms with Gasteiger partial charge in [-0.25, -0.2) is 9.18 Å². The molecular weight excluding hydrogens is 507 g/mol. The number of halogens is 1. The Hall–Kier alpha value is -4.11. The number of hydrogen-bond donors (Lipinski definition) is 1. The lowest BCUT2D eigenvalue weighted by Gasteiger charge is -2.15. The van der Waals surface area contributed by atoms with E-state index < -0.39 is 18.0 Å². The molecule has 0 saturated heterocycles. The molecule has 0 fully saturated rings. The molecule has 9 heteroatoms. The molecule has 1 unspecified atom stereocenters. The first-order valence-electron chi connectivity index (χ1n) is 12.0. The first kappa shape index (κ1) is 26.9. The van der Waals surface area contributed by atoms with E-state index in [0.29, 0.717) is 23.7 Å². The molecule has 1 heterocycles. The number of nitrogens with one attached hydrogen (secondary N) is 1. The summed E-state index contributed by atoms with van der Waals surface area (Å²) in [5.74, 6) is -0.300. The zero-order valence-corrected chi connectivity index (χ0v) is 22.0. The highest BCUT2D eigenvalue weighted by atomic mass is 32.2. The molecular formula is C29H27FN2O5S. The van der Waals surface area contributed by atoms with Crippen LogP contribution >= 0.6 is 11.8 Å². The van der Waals surface area contributed by atoms with Crippen molar-refractivity contribution in [3.63, 3.8) is 0 Å². The van der Waals surface area contributed by atoms with Crippen LogP contribution in [0.25, 0.3) is 11.3 Å². The highest BCUT2D eigenvalue weighted by Crippen LogP contribution is 2.34. The Morgan fingerprint density at radius 1 is 1.03 bits per heavy atom. The second kappa shape index (κ2) is 12.4. The molecule has 1 aromatic heterocycles. The minimum atomic E-state index is -0.782. The van der Waals surface area contributed by atoms with Crippen molar-refractivity contribution in [3.8, 4) is 11.3 Å². The van der Waals surface area contributed by atoms with E-state index in [1.54, 1.807) is 50.7 Å². The topological polar surface area (TPSA) is 90.7 Å². The van der Waals surface area contributed by atoms with Crippen LogP contribution in [0.3, 0.4) is 0 Å². The molecule has 1 atom stereocenters. The van der Waals surface area contributed by atoms with Crippen molar-refractivity contribution in [1.29, 1.82) is 0 Å². The summed E-state index contributed by atoms with van der Waals surface area (Å²) in [7, 11) is 0. The van der Waals surface area contributed by atoms with Gasteiger partial charge in [0.05, 0.1) is 13.0 Å². The third kappa shape index (κ3) is 6.80. The lowest BCUT2D eigenvalue weighted by molar-refractivity contribution is -0.142. The summed E-state index contributed by atoms with van der Waals surface area (Å²) in [6.45, 7) is 5.46. The van der Waals surface area contributed by atoms with Crippen LogP contribution in [0.5, 0.6) is 0 Å². The maximum absolute atomic E-state index is 14.0. The second-order valence-corrected chi connectivity index (χ2v) is 9.57. The second-order valence-electron chi connectivity index (χ2n) is 8.42. The van der Waals surface area contributed by atoms with Gasteiger partial charge < -0.3 is 14.0 Å². The van der Waals surface area contributed by atoms with Crippen LogP contribution in [0, 0.1) is 12.7 Å². The van der Waals surface area contributed by atoms with Gasteiger partial charge in [-0.2, -0.15) is 0 Å². The number of benzene rings is 3. The first-order chi connectivity index (χ1) is 18.3. The molecule has 1 N–H and O–H groups in total. The highest BCUT2D eigenvalue weighted by Gasteiger charge is 2.21. The maximum atomic E-state index is 14.0. The summed E-state index contributed by atoms with van der Waals surface area (Å²) < 4.78 is 29.9. The Morgan fingerprint density at radius 3 is 2.34 bits per heavy atom. The van der Waals surface area contributed by atoms with Gasteiger partial charge in [0.15, 0.2) is 5.76 Å². The van der Waals surface area contributed by atoms with Gasteiger partial charge in [0.1, 0.15) is 23.3 Å². The van der Waals surface area contributed by atoms with Crippen LogP contribution in [0.4, 0.5) is 14.9 Å². The zero-order valence-electron chi connectivity index (χ0n) is 21.2. The van der Waals surface area contributed by atoms with Gasteiger partial charge in [0.25, 0.3) is 0 Å². The van der Waals surface area contributed by atoms with Gasteiger partial charge in [0.2, 0.25) is 0 Å². The molecule has 0 saturated carbocycles. The molecule has 0 radical (unpaired) electrons. The quantitative estimate of drug-likeness (QED) is 0.224. The summed E-state index contributed by atoms with van der Waals surface area (Å²) in [6, 6.07) is 21.5. The summed E-state index contributed by atoms with van der Waals surface area (Å²) in [6.07, 6.45) is -1.28. The Balaban J connectivity index is 1.40. The molecule has 0 bridgehead atoms. The number of carbonyl (C=O) groups excluding carboxylic acids is 2. The Morgan fingerprint density at radius 2 is 1.68 bits per heavy atom. The van der Waals surface area contributed by atoms with Crippen LogP contribution in [0.1, 0.15) is 36.8 Å². The first-order valence-corrected chi connectivity index (χ1v) is 12.9. The Bertz CT molecular complexity index is 1400. The number of hydrogen-bond acceptors (Lipinski definition) is 7. The highest BCUT2D eigenvalue weighted by molar-refractivity contribution is 7.99. The smallest absolute Gasteiger partial charge is 0.412 e. The van der Waals surface area contributed by atoms with Gasteiger partial charge >= 0.3 is 12.1 Å². The molecule has 4 rings (SSSR count). The number of ether oxygens (including phenoxy) is 2. The number of amides is 1. The number of aromatic nitrogens is 1. The van der Waals surface area contributed by atoms with E-state index in [2.05, 4.69) is 10.5 Å². The Kier molecular flexibility index (Phi) is 8.81. The normalized spacial score (nSPS) is 11.6. The molecule has 0 aliphatic heterocycles. The number of carbonyl (C=O) groups is 2. The molecule has 7 nitrogen and oxygen atoms in total. The minimum absolute atomic E-state index is 0.243. The summed E-state index contributed by atoms with van der Waals surface area (Å²) in [5, 5.41) is 6.66. The Labute approximate surface area is 224 Å². The number of anilines is 1. The number of nitrogens with zero attached hydrogens (tertiary/aromatic N) is 1. The fraction of sp³-hybridized carbons (Fsp3) is 0.207. The van der Waals surface area contributed by atoms with Crippen molar-refractivity contribution >= 4 is 29.5 Å².